The lowest BCUT2D eigenvalue weighted by Gasteiger charge is -2.10. The van der Waals surface area contributed by atoms with Crippen molar-refractivity contribution in [2.24, 2.45) is 0 Å². The smallest absolute Gasteiger partial charge is 0.106 e. The van der Waals surface area contributed by atoms with Gasteiger partial charge in [0.2, 0.25) is 0 Å². The maximum Gasteiger partial charge on any atom is 0.106 e. The van der Waals surface area contributed by atoms with Gasteiger partial charge in [-0.3, -0.25) is 0 Å². The van der Waals surface area contributed by atoms with E-state index in [1.165, 1.54) is 0 Å². The fourth-order valence-corrected chi connectivity index (χ4v) is 1.64. The van der Waals surface area contributed by atoms with Gasteiger partial charge in [0.15, 0.2) is 0 Å². The highest BCUT2D eigenvalue weighted by Crippen LogP contribution is 2.05. The predicted octanol–water partition coefficient (Wildman–Crippen LogP) is 1.51. The molecular formula is C12H20BrN3O. The van der Waals surface area contributed by atoms with Gasteiger partial charge < -0.3 is 15.0 Å². The van der Waals surface area contributed by atoms with Gasteiger partial charge in [0, 0.05) is 19.6 Å². The second-order valence-electron chi connectivity index (χ2n) is 4.04. The molecule has 0 spiro atoms. The molecule has 17 heavy (non-hydrogen) atoms. The Balaban J connectivity index is 2.01. The highest BCUT2D eigenvalue weighted by Gasteiger charge is 1.95. The third-order valence-corrected chi connectivity index (χ3v) is 2.63. The van der Waals surface area contributed by atoms with E-state index in [0.29, 0.717) is 0 Å². The topological polar surface area (TPSA) is 37.4 Å². The van der Waals surface area contributed by atoms with Crippen LogP contribution in [0.15, 0.2) is 22.8 Å². The van der Waals surface area contributed by atoms with Gasteiger partial charge in [-0.15, -0.1) is 0 Å². The van der Waals surface area contributed by atoms with E-state index in [9.17, 15) is 0 Å². The van der Waals surface area contributed by atoms with Gasteiger partial charge in [-0.1, -0.05) is 6.07 Å². The molecule has 0 radical (unpaired) electrons. The first-order chi connectivity index (χ1) is 8.18. The van der Waals surface area contributed by atoms with Crippen LogP contribution in [-0.4, -0.2) is 50.3 Å². The largest absolute Gasteiger partial charge is 0.379 e. The number of nitrogens with one attached hydrogen (secondary N) is 1. The van der Waals surface area contributed by atoms with Crippen molar-refractivity contribution < 1.29 is 4.74 Å². The van der Waals surface area contributed by atoms with Crippen molar-refractivity contribution in [1.29, 1.82) is 0 Å². The van der Waals surface area contributed by atoms with Crippen molar-refractivity contribution in [3.05, 3.63) is 28.5 Å². The van der Waals surface area contributed by atoms with E-state index in [4.69, 9.17) is 4.74 Å². The van der Waals surface area contributed by atoms with Gasteiger partial charge in [0.05, 0.1) is 18.9 Å². The zero-order valence-corrected chi connectivity index (χ0v) is 12.0. The Kier molecular flexibility index (Phi) is 7.35. The number of likely N-dealkylation sites (N-methyl/N-ethyl adjacent to an activating group) is 1. The Morgan fingerprint density at radius 2 is 2.18 bits per heavy atom. The summed E-state index contributed by atoms with van der Waals surface area (Å²) in [5.41, 5.74) is 1.03. The number of rotatable bonds is 8. The first-order valence-corrected chi connectivity index (χ1v) is 6.52. The molecule has 0 aliphatic heterocycles. The number of hydrogen-bond donors (Lipinski definition) is 1. The van der Waals surface area contributed by atoms with E-state index in [-0.39, 0.29) is 0 Å². The molecule has 1 rings (SSSR count). The number of aromatic nitrogens is 1. The van der Waals surface area contributed by atoms with Gasteiger partial charge in [0.1, 0.15) is 4.60 Å². The van der Waals surface area contributed by atoms with E-state index in [2.05, 4.69) is 31.1 Å². The van der Waals surface area contributed by atoms with Crippen molar-refractivity contribution in [1.82, 2.24) is 15.2 Å². The molecule has 1 aromatic heterocycles. The maximum absolute atomic E-state index is 5.47. The number of ether oxygens (including phenoxy) is 1. The van der Waals surface area contributed by atoms with E-state index in [1.807, 2.05) is 32.3 Å². The summed E-state index contributed by atoms with van der Waals surface area (Å²) in [6.45, 7) is 4.11. The summed E-state index contributed by atoms with van der Waals surface area (Å²) in [5, 5.41) is 3.30. The molecule has 0 saturated carbocycles. The minimum Gasteiger partial charge on any atom is -0.379 e. The lowest BCUT2D eigenvalue weighted by molar-refractivity contribution is 0.119. The highest BCUT2D eigenvalue weighted by molar-refractivity contribution is 9.10. The van der Waals surface area contributed by atoms with Crippen LogP contribution >= 0.6 is 15.9 Å². The van der Waals surface area contributed by atoms with E-state index < -0.39 is 0 Å². The van der Waals surface area contributed by atoms with Gasteiger partial charge in [0.25, 0.3) is 0 Å². The van der Waals surface area contributed by atoms with Crippen molar-refractivity contribution in [2.75, 3.05) is 40.4 Å². The van der Waals surface area contributed by atoms with Crippen molar-refractivity contribution in [2.45, 2.75) is 6.54 Å². The van der Waals surface area contributed by atoms with Crippen LogP contribution in [0, 0.1) is 0 Å². The standard InChI is InChI=1S/C12H20BrN3O/c1-16(2)7-9-17-8-6-14-10-11-4-3-5-12(13)15-11/h3-5,14H,6-10H2,1-2H3. The summed E-state index contributed by atoms with van der Waals surface area (Å²) in [7, 11) is 4.08. The average molecular weight is 302 g/mol. The summed E-state index contributed by atoms with van der Waals surface area (Å²) < 4.78 is 6.35. The average Bonchev–Trinajstić information content (AvgIpc) is 2.27. The van der Waals surface area contributed by atoms with Gasteiger partial charge in [-0.2, -0.15) is 0 Å². The Morgan fingerprint density at radius 1 is 1.35 bits per heavy atom. The molecule has 4 nitrogen and oxygen atoms in total. The zero-order valence-electron chi connectivity index (χ0n) is 10.4. The minimum absolute atomic E-state index is 0.738. The summed E-state index contributed by atoms with van der Waals surface area (Å²) >= 11 is 3.35. The Hall–Kier alpha value is -0.490. The molecule has 0 fully saturated rings. The summed E-state index contributed by atoms with van der Waals surface area (Å²) in [5.74, 6) is 0. The Labute approximate surface area is 111 Å². The van der Waals surface area contributed by atoms with Crippen LogP contribution in [-0.2, 0) is 11.3 Å². The lowest BCUT2D eigenvalue weighted by atomic mass is 10.3. The molecule has 0 bridgehead atoms. The van der Waals surface area contributed by atoms with Crippen LogP contribution < -0.4 is 5.32 Å². The van der Waals surface area contributed by atoms with Crippen LogP contribution in [0.2, 0.25) is 0 Å². The summed E-state index contributed by atoms with van der Waals surface area (Å²) in [6, 6.07) is 5.92. The molecule has 96 valence electrons. The normalized spacial score (nSPS) is 11.1. The van der Waals surface area contributed by atoms with Crippen molar-refractivity contribution in [3.63, 3.8) is 0 Å². The quantitative estimate of drug-likeness (QED) is 0.583. The predicted molar refractivity (Wildman–Crippen MR) is 73.0 cm³/mol. The molecule has 0 aliphatic rings. The molecule has 0 unspecified atom stereocenters. The lowest BCUT2D eigenvalue weighted by Crippen LogP contribution is -2.23. The highest BCUT2D eigenvalue weighted by atomic mass is 79.9. The molecule has 1 N–H and O–H groups in total. The fraction of sp³-hybridized carbons (Fsp3) is 0.583. The molecule has 0 saturated heterocycles. The molecule has 0 atom stereocenters. The summed E-state index contributed by atoms with van der Waals surface area (Å²) in [4.78, 5) is 6.45. The van der Waals surface area contributed by atoms with Gasteiger partial charge >= 0.3 is 0 Å². The van der Waals surface area contributed by atoms with Crippen LogP contribution in [0.25, 0.3) is 0 Å². The second kappa shape index (κ2) is 8.58. The minimum atomic E-state index is 0.738. The van der Waals surface area contributed by atoms with Gasteiger partial charge in [-0.25, -0.2) is 4.98 Å². The molecule has 0 amide bonds. The molecular weight excluding hydrogens is 282 g/mol. The second-order valence-corrected chi connectivity index (χ2v) is 4.86. The number of halogens is 1. The molecule has 0 aliphatic carbocycles. The first-order valence-electron chi connectivity index (χ1n) is 5.73. The fourth-order valence-electron chi connectivity index (χ4n) is 1.26. The third kappa shape index (κ3) is 7.44. The Bertz CT molecular complexity index is 320. The van der Waals surface area contributed by atoms with E-state index >= 15 is 0 Å². The Morgan fingerprint density at radius 3 is 2.88 bits per heavy atom. The van der Waals surface area contributed by atoms with Crippen molar-refractivity contribution >= 4 is 15.9 Å². The zero-order chi connectivity index (χ0) is 12.5. The first kappa shape index (κ1) is 14.6. The molecule has 5 heteroatoms. The number of nitrogens with zero attached hydrogens (tertiary/aromatic N) is 2. The van der Waals surface area contributed by atoms with Crippen LogP contribution in [0.4, 0.5) is 0 Å². The number of hydrogen-bond acceptors (Lipinski definition) is 4. The number of pyridine rings is 1. The van der Waals surface area contributed by atoms with Crippen LogP contribution in [0.5, 0.6) is 0 Å². The SMILES string of the molecule is CN(C)CCOCCNCc1cccc(Br)n1. The third-order valence-electron chi connectivity index (χ3n) is 2.18. The molecule has 0 aromatic carbocycles. The van der Waals surface area contributed by atoms with Crippen LogP contribution in [0.1, 0.15) is 5.69 Å². The molecule has 1 aromatic rings. The van der Waals surface area contributed by atoms with E-state index in [1.54, 1.807) is 0 Å². The molecule has 1 heterocycles. The van der Waals surface area contributed by atoms with Gasteiger partial charge in [-0.05, 0) is 42.2 Å². The summed E-state index contributed by atoms with van der Waals surface area (Å²) in [6.07, 6.45) is 0. The monoisotopic (exact) mass is 301 g/mol. The maximum atomic E-state index is 5.47. The van der Waals surface area contributed by atoms with Crippen LogP contribution in [0.3, 0.4) is 0 Å². The van der Waals surface area contributed by atoms with E-state index in [0.717, 1.165) is 43.1 Å². The van der Waals surface area contributed by atoms with Crippen molar-refractivity contribution in [3.8, 4) is 0 Å².